The first-order valence-electron chi connectivity index (χ1n) is 4.99. The molecule has 0 N–H and O–H groups in total. The maximum atomic E-state index is 11.7. The van der Waals surface area contributed by atoms with Gasteiger partial charge in [0.2, 0.25) is 5.91 Å². The van der Waals surface area contributed by atoms with Crippen LogP contribution in [-0.2, 0) is 4.79 Å². The normalized spacial score (nSPS) is 21.1. The van der Waals surface area contributed by atoms with Gasteiger partial charge in [-0.05, 0) is 24.5 Å². The number of carbonyl (C=O) groups is 1. The molecule has 1 aromatic heterocycles. The third-order valence-electron chi connectivity index (χ3n) is 2.70. The predicted molar refractivity (Wildman–Crippen MR) is 60.2 cm³/mol. The summed E-state index contributed by atoms with van der Waals surface area (Å²) in [7, 11) is 0. The maximum absolute atomic E-state index is 11.7. The van der Waals surface area contributed by atoms with E-state index in [1.807, 2.05) is 17.9 Å². The van der Waals surface area contributed by atoms with E-state index in [0.717, 1.165) is 17.8 Å². The Labute approximate surface area is 94.1 Å². The zero-order valence-corrected chi connectivity index (χ0v) is 9.37. The Bertz CT molecular complexity index is 381. The highest BCUT2D eigenvalue weighted by molar-refractivity contribution is 6.18. The number of anilines is 1. The Morgan fingerprint density at radius 1 is 1.67 bits per heavy atom. The lowest BCUT2D eigenvalue weighted by molar-refractivity contribution is -0.117. The first kappa shape index (κ1) is 10.4. The van der Waals surface area contributed by atoms with Crippen LogP contribution in [0.1, 0.15) is 12.0 Å². The van der Waals surface area contributed by atoms with Crippen molar-refractivity contribution in [1.82, 2.24) is 4.98 Å². The van der Waals surface area contributed by atoms with Crippen LogP contribution < -0.4 is 4.90 Å². The van der Waals surface area contributed by atoms with Gasteiger partial charge in [-0.25, -0.2) is 0 Å². The van der Waals surface area contributed by atoms with E-state index in [0.29, 0.717) is 12.3 Å². The number of alkyl halides is 1. The monoisotopic (exact) mass is 224 g/mol. The summed E-state index contributed by atoms with van der Waals surface area (Å²) in [6, 6.07) is 1.88. The molecule has 0 bridgehead atoms. The first-order valence-corrected chi connectivity index (χ1v) is 5.52. The first-order chi connectivity index (χ1) is 7.22. The molecule has 15 heavy (non-hydrogen) atoms. The van der Waals surface area contributed by atoms with Gasteiger partial charge in [-0.15, -0.1) is 11.6 Å². The molecular formula is C11H13ClN2O. The second-order valence-electron chi connectivity index (χ2n) is 3.89. The maximum Gasteiger partial charge on any atom is 0.227 e. The summed E-state index contributed by atoms with van der Waals surface area (Å²) < 4.78 is 0. The van der Waals surface area contributed by atoms with Crippen LogP contribution in [0.25, 0.3) is 0 Å². The Balaban J connectivity index is 2.25. The third-order valence-corrected chi connectivity index (χ3v) is 3.14. The topological polar surface area (TPSA) is 33.2 Å². The number of hydrogen-bond acceptors (Lipinski definition) is 2. The molecule has 0 aromatic carbocycles. The average molecular weight is 225 g/mol. The SMILES string of the molecule is Cc1cnccc1N1CC(CCl)CC1=O. The van der Waals surface area contributed by atoms with Crippen molar-refractivity contribution in [3.63, 3.8) is 0 Å². The second kappa shape index (κ2) is 4.19. The number of nitrogens with zero attached hydrogens (tertiary/aromatic N) is 2. The number of amides is 1. The Morgan fingerprint density at radius 3 is 3.07 bits per heavy atom. The van der Waals surface area contributed by atoms with Gasteiger partial charge in [0.1, 0.15) is 0 Å². The van der Waals surface area contributed by atoms with Crippen LogP contribution >= 0.6 is 11.6 Å². The van der Waals surface area contributed by atoms with Gasteiger partial charge in [0.05, 0.1) is 0 Å². The molecular weight excluding hydrogens is 212 g/mol. The van der Waals surface area contributed by atoms with Crippen LogP contribution in [0.2, 0.25) is 0 Å². The van der Waals surface area contributed by atoms with Crippen molar-refractivity contribution in [3.05, 3.63) is 24.0 Å². The van der Waals surface area contributed by atoms with Crippen LogP contribution in [0, 0.1) is 12.8 Å². The van der Waals surface area contributed by atoms with Crippen molar-refractivity contribution in [2.45, 2.75) is 13.3 Å². The summed E-state index contributed by atoms with van der Waals surface area (Å²) in [6.45, 7) is 2.69. The summed E-state index contributed by atoms with van der Waals surface area (Å²) in [5, 5.41) is 0. The summed E-state index contributed by atoms with van der Waals surface area (Å²) in [5.41, 5.74) is 1.99. The van der Waals surface area contributed by atoms with Gasteiger partial charge in [0.25, 0.3) is 0 Å². The molecule has 2 rings (SSSR count). The Kier molecular flexibility index (Phi) is 2.91. The standard InChI is InChI=1S/C11H13ClN2O/c1-8-6-13-3-2-10(8)14-7-9(5-12)4-11(14)15/h2-3,6,9H,4-5,7H2,1H3. The molecule has 0 radical (unpaired) electrons. The molecule has 2 heterocycles. The fourth-order valence-electron chi connectivity index (χ4n) is 1.89. The van der Waals surface area contributed by atoms with E-state index >= 15 is 0 Å². The molecule has 1 fully saturated rings. The molecule has 1 saturated heterocycles. The quantitative estimate of drug-likeness (QED) is 0.720. The number of hydrogen-bond donors (Lipinski definition) is 0. The van der Waals surface area contributed by atoms with E-state index in [9.17, 15) is 4.79 Å². The van der Waals surface area contributed by atoms with Crippen LogP contribution in [0.5, 0.6) is 0 Å². The van der Waals surface area contributed by atoms with Crippen LogP contribution in [0.3, 0.4) is 0 Å². The minimum Gasteiger partial charge on any atom is -0.312 e. The summed E-state index contributed by atoms with van der Waals surface area (Å²) >= 11 is 5.77. The molecule has 1 amide bonds. The van der Waals surface area contributed by atoms with Crippen molar-refractivity contribution in [3.8, 4) is 0 Å². The number of pyridine rings is 1. The van der Waals surface area contributed by atoms with Gasteiger partial charge in [-0.1, -0.05) is 0 Å². The number of carbonyl (C=O) groups excluding carboxylic acids is 1. The van der Waals surface area contributed by atoms with Gasteiger partial charge < -0.3 is 4.90 Å². The van der Waals surface area contributed by atoms with Crippen molar-refractivity contribution in [2.75, 3.05) is 17.3 Å². The van der Waals surface area contributed by atoms with Gasteiger partial charge in [0, 0.05) is 36.9 Å². The molecule has 80 valence electrons. The molecule has 1 aromatic rings. The van der Waals surface area contributed by atoms with Crippen molar-refractivity contribution in [2.24, 2.45) is 5.92 Å². The molecule has 1 aliphatic heterocycles. The minimum absolute atomic E-state index is 0.162. The smallest absolute Gasteiger partial charge is 0.227 e. The molecule has 3 nitrogen and oxygen atoms in total. The highest BCUT2D eigenvalue weighted by atomic mass is 35.5. The van der Waals surface area contributed by atoms with Gasteiger partial charge in [-0.2, -0.15) is 0 Å². The summed E-state index contributed by atoms with van der Waals surface area (Å²) in [4.78, 5) is 17.6. The van der Waals surface area contributed by atoms with Crippen molar-refractivity contribution >= 4 is 23.2 Å². The van der Waals surface area contributed by atoms with E-state index in [-0.39, 0.29) is 11.8 Å². The number of rotatable bonds is 2. The molecule has 0 aliphatic carbocycles. The zero-order valence-electron chi connectivity index (χ0n) is 8.61. The fraction of sp³-hybridized carbons (Fsp3) is 0.455. The van der Waals surface area contributed by atoms with Crippen molar-refractivity contribution in [1.29, 1.82) is 0 Å². The van der Waals surface area contributed by atoms with Gasteiger partial charge in [-0.3, -0.25) is 9.78 Å². The Morgan fingerprint density at radius 2 is 2.47 bits per heavy atom. The molecule has 4 heteroatoms. The van der Waals surface area contributed by atoms with E-state index in [2.05, 4.69) is 4.98 Å². The lowest BCUT2D eigenvalue weighted by atomic mass is 10.1. The van der Waals surface area contributed by atoms with Gasteiger partial charge >= 0.3 is 0 Å². The highest BCUT2D eigenvalue weighted by Crippen LogP contribution is 2.27. The van der Waals surface area contributed by atoms with E-state index < -0.39 is 0 Å². The molecule has 0 spiro atoms. The fourth-order valence-corrected chi connectivity index (χ4v) is 2.09. The van der Waals surface area contributed by atoms with Gasteiger partial charge in [0.15, 0.2) is 0 Å². The molecule has 0 saturated carbocycles. The second-order valence-corrected chi connectivity index (χ2v) is 4.20. The van der Waals surface area contributed by atoms with Crippen LogP contribution in [-0.4, -0.2) is 23.3 Å². The molecule has 1 unspecified atom stereocenters. The lowest BCUT2D eigenvalue weighted by Crippen LogP contribution is -2.25. The van der Waals surface area contributed by atoms with E-state index in [4.69, 9.17) is 11.6 Å². The predicted octanol–water partition coefficient (Wildman–Crippen LogP) is 1.98. The number of aromatic nitrogens is 1. The zero-order chi connectivity index (χ0) is 10.8. The highest BCUT2D eigenvalue weighted by Gasteiger charge is 2.30. The minimum atomic E-state index is 0.162. The molecule has 1 atom stereocenters. The Hall–Kier alpha value is -1.09. The number of aryl methyl sites for hydroxylation is 1. The third kappa shape index (κ3) is 1.97. The van der Waals surface area contributed by atoms with E-state index in [1.54, 1.807) is 12.4 Å². The van der Waals surface area contributed by atoms with Crippen LogP contribution in [0.15, 0.2) is 18.5 Å². The summed E-state index contributed by atoms with van der Waals surface area (Å²) in [5.74, 6) is 0.994. The largest absolute Gasteiger partial charge is 0.312 e. The molecule has 1 aliphatic rings. The van der Waals surface area contributed by atoms with E-state index in [1.165, 1.54) is 0 Å². The number of halogens is 1. The van der Waals surface area contributed by atoms with Crippen molar-refractivity contribution < 1.29 is 4.79 Å². The van der Waals surface area contributed by atoms with Crippen LogP contribution in [0.4, 0.5) is 5.69 Å². The average Bonchev–Trinajstić information content (AvgIpc) is 2.60. The summed E-state index contributed by atoms with van der Waals surface area (Å²) in [6.07, 6.45) is 4.05. The lowest BCUT2D eigenvalue weighted by Gasteiger charge is -2.18.